The van der Waals surface area contributed by atoms with Crippen molar-refractivity contribution in [2.24, 2.45) is 9.98 Å². The van der Waals surface area contributed by atoms with Crippen molar-refractivity contribution in [3.63, 3.8) is 0 Å². The maximum Gasteiger partial charge on any atom is 0.142 e. The fraction of sp³-hybridized carbons (Fsp3) is 0. The van der Waals surface area contributed by atoms with Gasteiger partial charge in [0, 0.05) is 65.2 Å². The first-order chi connectivity index (χ1) is 19.8. The van der Waals surface area contributed by atoms with E-state index in [4.69, 9.17) is 9.98 Å². The highest BCUT2D eigenvalue weighted by atomic mass is 15.0. The lowest BCUT2D eigenvalue weighted by molar-refractivity contribution is 1.11. The largest absolute Gasteiger partial charge is 0.354 e. The third-order valence-electron chi connectivity index (χ3n) is 7.93. The third-order valence-corrected chi connectivity index (χ3v) is 7.93. The molecule has 0 fully saturated rings. The van der Waals surface area contributed by atoms with Crippen LogP contribution in [-0.4, -0.2) is 19.9 Å². The number of aromatic nitrogens is 4. The Morgan fingerprint density at radius 3 is 1.18 bits per heavy atom. The number of nitrogens with zero attached hydrogens (tertiary/aromatic N) is 2. The lowest BCUT2D eigenvalue weighted by atomic mass is 10.1. The second-order valence-corrected chi connectivity index (χ2v) is 10.2. The second kappa shape index (κ2) is 7.94. The molecule has 8 bridgehead atoms. The predicted octanol–water partition coefficient (Wildman–Crippen LogP) is 5.49. The van der Waals surface area contributed by atoms with E-state index in [1.165, 1.54) is 0 Å². The van der Waals surface area contributed by atoms with E-state index in [1.807, 2.05) is 12.1 Å². The summed E-state index contributed by atoms with van der Waals surface area (Å²) in [5.41, 5.74) is 3.56. The summed E-state index contributed by atoms with van der Waals surface area (Å²) in [6.07, 6.45) is 4.39. The van der Waals surface area contributed by atoms with E-state index in [1.54, 1.807) is 0 Å². The van der Waals surface area contributed by atoms with E-state index in [0.29, 0.717) is 0 Å². The summed E-state index contributed by atoms with van der Waals surface area (Å²) in [6.45, 7) is 0. The molecule has 40 heavy (non-hydrogen) atoms. The van der Waals surface area contributed by atoms with Crippen LogP contribution in [0.5, 0.6) is 0 Å². The fourth-order valence-electron chi connectivity index (χ4n) is 6.07. The summed E-state index contributed by atoms with van der Waals surface area (Å²) in [5, 5.41) is 10.8. The molecule has 1 aliphatic heterocycles. The quantitative estimate of drug-likeness (QED) is 0.206. The molecule has 4 aromatic carbocycles. The van der Waals surface area contributed by atoms with E-state index in [0.717, 1.165) is 87.8 Å². The van der Waals surface area contributed by atoms with Crippen LogP contribution in [0.25, 0.3) is 55.2 Å². The van der Waals surface area contributed by atoms with Crippen molar-refractivity contribution in [2.45, 2.75) is 0 Å². The van der Waals surface area contributed by atoms with Gasteiger partial charge in [-0.2, -0.15) is 0 Å². The Hall–Kier alpha value is -5.62. The number of hydrogen-bond acceptors (Lipinski definition) is 2. The van der Waals surface area contributed by atoms with Gasteiger partial charge in [0.1, 0.15) is 22.6 Å². The molecule has 9 rings (SSSR count). The average molecular weight is 515 g/mol. The molecule has 0 amide bonds. The minimum Gasteiger partial charge on any atom is -0.354 e. The highest BCUT2D eigenvalue weighted by Crippen LogP contribution is 2.30. The van der Waals surface area contributed by atoms with Gasteiger partial charge < -0.3 is 19.9 Å². The molecule has 0 radical (unpaired) electrons. The number of benzene rings is 4. The van der Waals surface area contributed by atoms with Crippen LogP contribution in [0.4, 0.5) is 11.6 Å². The van der Waals surface area contributed by atoms with Crippen LogP contribution >= 0.6 is 0 Å². The SMILES string of the molecule is C1=c2[nH]c(c3ccccc23)=Cc2[nH]c(c3ccccc23)N=c2[nH]c(c3ccccc23)=Nc2[nH]c1c1ccccc21. The summed E-state index contributed by atoms with van der Waals surface area (Å²) in [6, 6.07) is 33.5. The Bertz CT molecular complexity index is 2200. The molecule has 0 saturated heterocycles. The molecule has 6 nitrogen and oxygen atoms in total. The molecule has 188 valence electrons. The molecule has 0 saturated carbocycles. The van der Waals surface area contributed by atoms with Crippen molar-refractivity contribution < 1.29 is 0 Å². The molecule has 6 heteroatoms. The maximum absolute atomic E-state index is 5.13. The monoisotopic (exact) mass is 514 g/mol. The van der Waals surface area contributed by atoms with E-state index in [9.17, 15) is 0 Å². The molecule has 0 aliphatic carbocycles. The highest BCUT2D eigenvalue weighted by molar-refractivity contribution is 6.00. The Morgan fingerprint density at radius 2 is 0.725 bits per heavy atom. The van der Waals surface area contributed by atoms with Crippen molar-refractivity contribution in [3.05, 3.63) is 130 Å². The van der Waals surface area contributed by atoms with Gasteiger partial charge in [-0.05, 0) is 12.2 Å². The van der Waals surface area contributed by atoms with Crippen molar-refractivity contribution in [2.75, 3.05) is 0 Å². The molecule has 4 aromatic heterocycles. The molecule has 5 heterocycles. The van der Waals surface area contributed by atoms with Crippen LogP contribution in [0.1, 0.15) is 11.4 Å². The topological polar surface area (TPSA) is 87.9 Å². The molecule has 4 N–H and O–H groups in total. The first kappa shape index (κ1) is 21.3. The van der Waals surface area contributed by atoms with Crippen LogP contribution in [-0.2, 0) is 0 Å². The van der Waals surface area contributed by atoms with Gasteiger partial charge in [-0.3, -0.25) is 0 Å². The average Bonchev–Trinajstić information content (AvgIpc) is 3.73. The number of rotatable bonds is 0. The Balaban J connectivity index is 1.51. The van der Waals surface area contributed by atoms with Gasteiger partial charge in [0.2, 0.25) is 0 Å². The summed E-state index contributed by atoms with van der Waals surface area (Å²) in [7, 11) is 0. The maximum atomic E-state index is 5.13. The number of aromatic amines is 4. The smallest absolute Gasteiger partial charge is 0.142 e. The zero-order valence-corrected chi connectivity index (χ0v) is 21.3. The van der Waals surface area contributed by atoms with Crippen molar-refractivity contribution in [1.29, 1.82) is 0 Å². The minimum atomic E-state index is 0.773. The summed E-state index contributed by atoms with van der Waals surface area (Å²) in [4.78, 5) is 24.7. The summed E-state index contributed by atoms with van der Waals surface area (Å²) < 4.78 is 0. The molecule has 8 aromatic rings. The van der Waals surface area contributed by atoms with Gasteiger partial charge in [-0.15, -0.1) is 0 Å². The van der Waals surface area contributed by atoms with Gasteiger partial charge in [0.05, 0.1) is 0 Å². The first-order valence-electron chi connectivity index (χ1n) is 13.4. The highest BCUT2D eigenvalue weighted by Gasteiger charge is 2.13. The van der Waals surface area contributed by atoms with Crippen molar-refractivity contribution >= 4 is 66.9 Å². The van der Waals surface area contributed by atoms with E-state index < -0.39 is 0 Å². The summed E-state index contributed by atoms with van der Waals surface area (Å²) in [5.74, 6) is 1.62. The molecule has 1 aliphatic rings. The molecule has 0 spiro atoms. The number of nitrogens with one attached hydrogen (secondary N) is 4. The van der Waals surface area contributed by atoms with Crippen molar-refractivity contribution in [1.82, 2.24) is 19.9 Å². The van der Waals surface area contributed by atoms with E-state index >= 15 is 0 Å². The van der Waals surface area contributed by atoms with Crippen LogP contribution in [0.2, 0.25) is 0 Å². The predicted molar refractivity (Wildman–Crippen MR) is 161 cm³/mol. The van der Waals surface area contributed by atoms with Crippen LogP contribution in [0.3, 0.4) is 0 Å². The minimum absolute atomic E-state index is 0.773. The Morgan fingerprint density at radius 1 is 0.350 bits per heavy atom. The zero-order valence-electron chi connectivity index (χ0n) is 21.3. The molecule has 0 unspecified atom stereocenters. The molecular formula is C34H22N6. The molecule has 0 atom stereocenters. The molecular weight excluding hydrogens is 492 g/mol. The zero-order chi connectivity index (χ0) is 26.2. The first-order valence-corrected chi connectivity index (χ1v) is 13.4. The Kier molecular flexibility index (Phi) is 4.24. The summed E-state index contributed by atoms with van der Waals surface area (Å²) >= 11 is 0. The van der Waals surface area contributed by atoms with Gasteiger partial charge in [-0.1, -0.05) is 97.1 Å². The van der Waals surface area contributed by atoms with Crippen LogP contribution < -0.4 is 21.7 Å². The van der Waals surface area contributed by atoms with Crippen LogP contribution in [0, 0.1) is 0 Å². The standard InChI is InChI=1S/C34H22N6/c1-2-10-20-19(9-1)27-17-29-21-11-3-5-13-23(21)31(36-29)38-33-25-15-7-8-16-26(25)34(40-33)39-32-24-14-6-4-12-22(24)30(37-32)18-28(20)35-27/h1-18,35H,(H3,36,37,38,39,40). The number of hydrogen-bond donors (Lipinski definition) is 4. The van der Waals surface area contributed by atoms with E-state index in [-0.39, 0.29) is 0 Å². The number of H-pyrrole nitrogens is 4. The van der Waals surface area contributed by atoms with E-state index in [2.05, 4.69) is 117 Å². The van der Waals surface area contributed by atoms with Gasteiger partial charge >= 0.3 is 0 Å². The number of fused-ring (bicyclic) bond motifs is 20. The van der Waals surface area contributed by atoms with Crippen molar-refractivity contribution in [3.8, 4) is 0 Å². The third kappa shape index (κ3) is 3.04. The normalized spacial score (nSPS) is 12.8. The van der Waals surface area contributed by atoms with Gasteiger partial charge in [0.15, 0.2) is 0 Å². The van der Waals surface area contributed by atoms with Gasteiger partial charge in [0.25, 0.3) is 0 Å². The fourth-order valence-corrected chi connectivity index (χ4v) is 6.07. The van der Waals surface area contributed by atoms with Gasteiger partial charge in [-0.25, -0.2) is 9.98 Å². The van der Waals surface area contributed by atoms with Crippen LogP contribution in [0.15, 0.2) is 107 Å². The Labute approximate surface area is 226 Å². The lowest BCUT2D eigenvalue weighted by Gasteiger charge is -1.91. The second-order valence-electron chi connectivity index (χ2n) is 10.2. The lowest BCUT2D eigenvalue weighted by Crippen LogP contribution is -2.11.